The fraction of sp³-hybridized carbons (Fsp3) is 0.300. The van der Waals surface area contributed by atoms with Gasteiger partial charge in [0.05, 0.1) is 18.3 Å². The topological polar surface area (TPSA) is 84.3 Å². The molecule has 0 fully saturated rings. The van der Waals surface area contributed by atoms with Gasteiger partial charge in [-0.05, 0) is 19.4 Å². The Bertz CT molecular complexity index is 1040. The normalized spacial score (nSPS) is 10.8. The molecule has 0 spiro atoms. The number of thiophene rings is 1. The van der Waals surface area contributed by atoms with Crippen LogP contribution in [0, 0.1) is 0 Å². The van der Waals surface area contributed by atoms with Crippen LogP contribution in [0.1, 0.15) is 13.8 Å². The number of nitrogens with one attached hydrogen (secondary N) is 1. The molecule has 0 saturated heterocycles. The fourth-order valence-electron chi connectivity index (χ4n) is 2.96. The maximum Gasteiger partial charge on any atom is 0.263 e. The summed E-state index contributed by atoms with van der Waals surface area (Å²) in [5.74, 6) is -0.517. The van der Waals surface area contributed by atoms with Crippen LogP contribution in [0.25, 0.3) is 21.3 Å². The Kier molecular flexibility index (Phi) is 6.20. The van der Waals surface area contributed by atoms with Crippen molar-refractivity contribution in [3.63, 3.8) is 0 Å². The summed E-state index contributed by atoms with van der Waals surface area (Å²) in [5.41, 5.74) is 1.49. The Morgan fingerprint density at radius 3 is 2.64 bits per heavy atom. The highest BCUT2D eigenvalue weighted by Crippen LogP contribution is 2.30. The molecule has 8 heteroatoms. The van der Waals surface area contributed by atoms with Gasteiger partial charge in [0, 0.05) is 24.0 Å². The number of nitrogens with zero attached hydrogens (tertiary/aromatic N) is 3. The Hall–Kier alpha value is -3.00. The zero-order valence-electron chi connectivity index (χ0n) is 15.8. The van der Waals surface area contributed by atoms with Crippen molar-refractivity contribution < 1.29 is 9.59 Å². The molecule has 0 bridgehead atoms. The van der Waals surface area contributed by atoms with Gasteiger partial charge in [-0.15, -0.1) is 11.3 Å². The Labute approximate surface area is 166 Å². The monoisotopic (exact) mass is 398 g/mol. The highest BCUT2D eigenvalue weighted by Gasteiger charge is 2.18. The standard InChI is InChI=1S/C20H22N4O3S/c1-3-21-16(25)10-23(4-2)17(26)11-24-13-22-19-18(20(24)27)15(12-28-19)14-8-6-5-7-9-14/h5-9,12-13H,3-4,10-11H2,1-2H3,(H,21,25). The highest BCUT2D eigenvalue weighted by molar-refractivity contribution is 7.17. The molecule has 2 heterocycles. The molecule has 1 N–H and O–H groups in total. The minimum atomic E-state index is -0.298. The predicted molar refractivity (Wildman–Crippen MR) is 110 cm³/mol. The molecule has 0 aliphatic rings. The molecular weight excluding hydrogens is 376 g/mol. The predicted octanol–water partition coefficient (Wildman–Crippen LogP) is 2.11. The summed E-state index contributed by atoms with van der Waals surface area (Å²) in [6, 6.07) is 9.62. The molecule has 3 rings (SSSR count). The molecule has 7 nitrogen and oxygen atoms in total. The van der Waals surface area contributed by atoms with E-state index in [4.69, 9.17) is 0 Å². The first-order chi connectivity index (χ1) is 13.5. The maximum atomic E-state index is 13.0. The first-order valence-corrected chi connectivity index (χ1v) is 9.99. The van der Waals surface area contributed by atoms with Gasteiger partial charge in [0.1, 0.15) is 11.4 Å². The Balaban J connectivity index is 1.89. The average Bonchev–Trinajstić information content (AvgIpc) is 3.14. The molecule has 28 heavy (non-hydrogen) atoms. The van der Waals surface area contributed by atoms with Gasteiger partial charge < -0.3 is 10.2 Å². The van der Waals surface area contributed by atoms with Crippen molar-refractivity contribution in [2.45, 2.75) is 20.4 Å². The number of hydrogen-bond acceptors (Lipinski definition) is 5. The summed E-state index contributed by atoms with van der Waals surface area (Å²) in [5, 5.41) is 5.10. The minimum Gasteiger partial charge on any atom is -0.355 e. The Morgan fingerprint density at radius 1 is 1.21 bits per heavy atom. The zero-order valence-corrected chi connectivity index (χ0v) is 16.7. The second kappa shape index (κ2) is 8.79. The van der Waals surface area contributed by atoms with Gasteiger partial charge in [0.2, 0.25) is 11.8 Å². The fourth-order valence-corrected chi connectivity index (χ4v) is 3.87. The van der Waals surface area contributed by atoms with Crippen molar-refractivity contribution >= 4 is 33.4 Å². The van der Waals surface area contributed by atoms with Crippen LogP contribution in [0.5, 0.6) is 0 Å². The second-order valence-electron chi connectivity index (χ2n) is 6.23. The molecule has 0 radical (unpaired) electrons. The number of rotatable bonds is 7. The molecule has 0 saturated carbocycles. The Morgan fingerprint density at radius 2 is 1.96 bits per heavy atom. The number of hydrogen-bond donors (Lipinski definition) is 1. The van der Waals surface area contributed by atoms with E-state index >= 15 is 0 Å². The third kappa shape index (κ3) is 4.12. The first kappa shape index (κ1) is 19.8. The molecule has 0 unspecified atom stereocenters. The summed E-state index contributed by atoms with van der Waals surface area (Å²) in [4.78, 5) is 43.9. The number of aromatic nitrogens is 2. The van der Waals surface area contributed by atoms with E-state index in [1.807, 2.05) is 42.6 Å². The summed E-state index contributed by atoms with van der Waals surface area (Å²) in [6.07, 6.45) is 1.40. The molecule has 146 valence electrons. The van der Waals surface area contributed by atoms with Crippen LogP contribution in [0.15, 0.2) is 46.8 Å². The van der Waals surface area contributed by atoms with E-state index < -0.39 is 0 Å². The molecule has 0 aliphatic carbocycles. The van der Waals surface area contributed by atoms with E-state index in [0.717, 1.165) is 11.1 Å². The third-order valence-corrected chi connectivity index (χ3v) is 5.28. The third-order valence-electron chi connectivity index (χ3n) is 4.39. The molecule has 2 aromatic heterocycles. The van der Waals surface area contributed by atoms with Gasteiger partial charge in [-0.1, -0.05) is 30.3 Å². The van der Waals surface area contributed by atoms with Gasteiger partial charge in [-0.2, -0.15) is 0 Å². The van der Waals surface area contributed by atoms with Crippen molar-refractivity contribution in [1.82, 2.24) is 19.8 Å². The molecule has 2 amide bonds. The van der Waals surface area contributed by atoms with E-state index in [1.54, 1.807) is 6.92 Å². The van der Waals surface area contributed by atoms with E-state index in [1.165, 1.54) is 27.1 Å². The first-order valence-electron chi connectivity index (χ1n) is 9.11. The lowest BCUT2D eigenvalue weighted by molar-refractivity contribution is -0.136. The molecule has 3 aromatic rings. The van der Waals surface area contributed by atoms with Gasteiger partial charge >= 0.3 is 0 Å². The summed E-state index contributed by atoms with van der Waals surface area (Å²) < 4.78 is 1.31. The van der Waals surface area contributed by atoms with Crippen LogP contribution in [0.3, 0.4) is 0 Å². The van der Waals surface area contributed by atoms with Crippen molar-refractivity contribution in [1.29, 1.82) is 0 Å². The largest absolute Gasteiger partial charge is 0.355 e. The van der Waals surface area contributed by atoms with E-state index in [-0.39, 0.29) is 30.5 Å². The molecule has 1 aromatic carbocycles. The number of carbonyl (C=O) groups is 2. The lowest BCUT2D eigenvalue weighted by Gasteiger charge is -2.20. The number of carbonyl (C=O) groups excluding carboxylic acids is 2. The highest BCUT2D eigenvalue weighted by atomic mass is 32.1. The lowest BCUT2D eigenvalue weighted by atomic mass is 10.1. The SMILES string of the molecule is CCNC(=O)CN(CC)C(=O)Cn1cnc2scc(-c3ccccc3)c2c1=O. The molecule has 0 aliphatic heterocycles. The van der Waals surface area contributed by atoms with E-state index in [0.29, 0.717) is 23.3 Å². The van der Waals surface area contributed by atoms with Crippen molar-refractivity contribution in [2.24, 2.45) is 0 Å². The second-order valence-corrected chi connectivity index (χ2v) is 7.09. The average molecular weight is 398 g/mol. The number of likely N-dealkylation sites (N-methyl/N-ethyl adjacent to an activating group) is 2. The number of amides is 2. The van der Waals surface area contributed by atoms with Crippen molar-refractivity contribution in [3.8, 4) is 11.1 Å². The summed E-state index contributed by atoms with van der Waals surface area (Å²) in [7, 11) is 0. The molecule has 0 atom stereocenters. The van der Waals surface area contributed by atoms with Gasteiger partial charge in [-0.25, -0.2) is 4.98 Å². The number of fused-ring (bicyclic) bond motifs is 1. The van der Waals surface area contributed by atoms with Crippen molar-refractivity contribution in [2.75, 3.05) is 19.6 Å². The van der Waals surface area contributed by atoms with Crippen LogP contribution in [0.4, 0.5) is 0 Å². The van der Waals surface area contributed by atoms with E-state index in [2.05, 4.69) is 10.3 Å². The van der Waals surface area contributed by atoms with Crippen LogP contribution < -0.4 is 10.9 Å². The summed E-state index contributed by atoms with van der Waals surface area (Å²) >= 11 is 1.40. The van der Waals surface area contributed by atoms with Crippen molar-refractivity contribution in [3.05, 3.63) is 52.4 Å². The van der Waals surface area contributed by atoms with Crippen LogP contribution in [-0.4, -0.2) is 45.9 Å². The van der Waals surface area contributed by atoms with Crippen LogP contribution >= 0.6 is 11.3 Å². The lowest BCUT2D eigenvalue weighted by Crippen LogP contribution is -2.42. The molecular formula is C20H22N4O3S. The number of benzene rings is 1. The van der Waals surface area contributed by atoms with Crippen LogP contribution in [0.2, 0.25) is 0 Å². The van der Waals surface area contributed by atoms with Crippen LogP contribution in [-0.2, 0) is 16.1 Å². The zero-order chi connectivity index (χ0) is 20.1. The van der Waals surface area contributed by atoms with E-state index in [9.17, 15) is 14.4 Å². The van der Waals surface area contributed by atoms with Gasteiger partial charge in [0.25, 0.3) is 5.56 Å². The maximum absolute atomic E-state index is 13.0. The van der Waals surface area contributed by atoms with Gasteiger partial charge in [0.15, 0.2) is 0 Å². The summed E-state index contributed by atoms with van der Waals surface area (Å²) in [6.45, 7) is 4.33. The quantitative estimate of drug-likeness (QED) is 0.661. The smallest absolute Gasteiger partial charge is 0.263 e. The van der Waals surface area contributed by atoms with Gasteiger partial charge in [-0.3, -0.25) is 19.0 Å². The minimum absolute atomic E-state index is 0.0265.